The van der Waals surface area contributed by atoms with Gasteiger partial charge in [-0.15, -0.1) is 0 Å². The number of halogens is 3. The number of hydrogen-bond donors (Lipinski definition) is 1. The van der Waals surface area contributed by atoms with Gasteiger partial charge in [-0.2, -0.15) is 0 Å². The molecule has 2 aromatic carbocycles. The molecule has 0 radical (unpaired) electrons. The van der Waals surface area contributed by atoms with E-state index in [0.717, 1.165) is 10.6 Å². The quantitative estimate of drug-likeness (QED) is 0.421. The Morgan fingerprint density at radius 2 is 1.71 bits per heavy atom. The van der Waals surface area contributed by atoms with Gasteiger partial charge in [-0.05, 0) is 61.7 Å². The van der Waals surface area contributed by atoms with Crippen LogP contribution in [0.15, 0.2) is 42.5 Å². The number of amides is 2. The van der Waals surface area contributed by atoms with Crippen molar-refractivity contribution in [3.05, 3.63) is 63.9 Å². The molecule has 2 aromatic rings. The van der Waals surface area contributed by atoms with Crippen LogP contribution in [0.3, 0.4) is 0 Å². The van der Waals surface area contributed by atoms with Gasteiger partial charge in [0, 0.05) is 26.1 Å². The van der Waals surface area contributed by atoms with E-state index >= 15 is 0 Å². The van der Waals surface area contributed by atoms with Crippen LogP contribution in [0.4, 0.5) is 10.1 Å². The van der Waals surface area contributed by atoms with Crippen LogP contribution in [0.1, 0.15) is 38.7 Å². The van der Waals surface area contributed by atoms with Crippen LogP contribution >= 0.6 is 23.2 Å². The summed E-state index contributed by atoms with van der Waals surface area (Å²) in [5, 5.41) is 3.48. The summed E-state index contributed by atoms with van der Waals surface area (Å²) < 4.78 is 39.0. The first-order valence-corrected chi connectivity index (χ1v) is 13.8. The summed E-state index contributed by atoms with van der Waals surface area (Å²) in [5.74, 6) is -1.06. The third kappa shape index (κ3) is 8.37. The van der Waals surface area contributed by atoms with Gasteiger partial charge in [0.15, 0.2) is 0 Å². The van der Waals surface area contributed by atoms with Gasteiger partial charge >= 0.3 is 0 Å². The minimum atomic E-state index is -3.65. The summed E-state index contributed by atoms with van der Waals surface area (Å²) in [6.45, 7) is 4.19. The summed E-state index contributed by atoms with van der Waals surface area (Å²) in [5.41, 5.74) is 1.02. The molecule has 2 rings (SSSR count). The van der Waals surface area contributed by atoms with E-state index in [4.69, 9.17) is 23.2 Å². The minimum absolute atomic E-state index is 0.00441. The molecule has 0 aliphatic heterocycles. The van der Waals surface area contributed by atoms with E-state index < -0.39 is 21.9 Å². The van der Waals surface area contributed by atoms with Crippen molar-refractivity contribution >= 4 is 50.7 Å². The number of likely N-dealkylation sites (N-methyl/N-ethyl adjacent to an activating group) is 1. The highest BCUT2D eigenvalue weighted by molar-refractivity contribution is 7.92. The molecule has 11 heteroatoms. The number of carbonyl (C=O) groups excluding carboxylic acids is 2. The number of anilines is 1. The molecule has 0 saturated heterocycles. The SMILES string of the molecule is CCNC(=O)C(CC)N(Cc1ccc(Cl)c(Cl)c1)C(=O)CCCN(c1ccc(F)cc1)S(C)(=O)=O. The van der Waals surface area contributed by atoms with Gasteiger partial charge in [-0.25, -0.2) is 12.8 Å². The molecule has 0 heterocycles. The summed E-state index contributed by atoms with van der Waals surface area (Å²) >= 11 is 12.1. The van der Waals surface area contributed by atoms with Gasteiger partial charge in [-0.1, -0.05) is 36.2 Å². The Kier molecular flexibility index (Phi) is 10.8. The van der Waals surface area contributed by atoms with Gasteiger partial charge in [0.25, 0.3) is 0 Å². The molecule has 0 saturated carbocycles. The second kappa shape index (κ2) is 13.1. The second-order valence-electron chi connectivity index (χ2n) is 8.00. The number of nitrogens with one attached hydrogen (secondary N) is 1. The molecule has 0 aliphatic rings. The van der Waals surface area contributed by atoms with Gasteiger partial charge in [0.1, 0.15) is 11.9 Å². The first-order chi connectivity index (χ1) is 16.5. The molecule has 192 valence electrons. The Hall–Kier alpha value is -2.36. The maximum Gasteiger partial charge on any atom is 0.242 e. The largest absolute Gasteiger partial charge is 0.355 e. The maximum absolute atomic E-state index is 13.3. The van der Waals surface area contributed by atoms with Crippen molar-refractivity contribution < 1.29 is 22.4 Å². The molecule has 2 amide bonds. The lowest BCUT2D eigenvalue weighted by Gasteiger charge is -2.31. The molecule has 0 bridgehead atoms. The number of carbonyl (C=O) groups is 2. The standard InChI is InChI=1S/C24H30Cl2FN3O4S/c1-4-22(24(32)28-5-2)29(16-17-8-13-20(25)21(26)15-17)23(31)7-6-14-30(35(3,33)34)19-11-9-18(27)10-12-19/h8-13,15,22H,4-7,14,16H2,1-3H3,(H,28,32). The van der Waals surface area contributed by atoms with Crippen LogP contribution in [0.2, 0.25) is 10.0 Å². The summed E-state index contributed by atoms with van der Waals surface area (Å²) in [6.07, 6.45) is 1.65. The number of benzene rings is 2. The van der Waals surface area contributed by atoms with Gasteiger partial charge in [0.2, 0.25) is 21.8 Å². The van der Waals surface area contributed by atoms with Crippen molar-refractivity contribution in [1.82, 2.24) is 10.2 Å². The lowest BCUT2D eigenvalue weighted by molar-refractivity contribution is -0.141. The van der Waals surface area contributed by atoms with E-state index in [-0.39, 0.29) is 37.7 Å². The Balaban J connectivity index is 2.21. The van der Waals surface area contributed by atoms with Crippen molar-refractivity contribution in [3.63, 3.8) is 0 Å². The molecular weight excluding hydrogens is 516 g/mol. The van der Waals surface area contributed by atoms with Gasteiger partial charge < -0.3 is 10.2 Å². The summed E-state index contributed by atoms with van der Waals surface area (Å²) in [6, 6.07) is 9.40. The van der Waals surface area contributed by atoms with Crippen molar-refractivity contribution in [2.24, 2.45) is 0 Å². The molecule has 0 aromatic heterocycles. The zero-order chi connectivity index (χ0) is 26.2. The van der Waals surface area contributed by atoms with E-state index in [2.05, 4.69) is 5.32 Å². The van der Waals surface area contributed by atoms with Gasteiger partial charge in [-0.3, -0.25) is 13.9 Å². The van der Waals surface area contributed by atoms with Crippen LogP contribution in [-0.4, -0.2) is 50.5 Å². The Labute approximate surface area is 216 Å². The van der Waals surface area contributed by atoms with Gasteiger partial charge in [0.05, 0.1) is 22.0 Å². The molecule has 35 heavy (non-hydrogen) atoms. The Bertz CT molecular complexity index is 1130. The van der Waals surface area contributed by atoms with E-state index in [1.807, 2.05) is 6.92 Å². The Morgan fingerprint density at radius 3 is 2.26 bits per heavy atom. The third-order valence-electron chi connectivity index (χ3n) is 5.34. The molecular formula is C24H30Cl2FN3O4S. The topological polar surface area (TPSA) is 86.8 Å². The smallest absolute Gasteiger partial charge is 0.242 e. The highest BCUT2D eigenvalue weighted by Crippen LogP contribution is 2.25. The molecule has 7 nitrogen and oxygen atoms in total. The predicted octanol–water partition coefficient (Wildman–Crippen LogP) is 4.62. The highest BCUT2D eigenvalue weighted by Gasteiger charge is 2.28. The minimum Gasteiger partial charge on any atom is -0.355 e. The lowest BCUT2D eigenvalue weighted by atomic mass is 10.1. The fourth-order valence-corrected chi connectivity index (χ4v) is 4.94. The maximum atomic E-state index is 13.3. The van der Waals surface area contributed by atoms with Crippen molar-refractivity contribution in [2.75, 3.05) is 23.7 Å². The van der Waals surface area contributed by atoms with Crippen molar-refractivity contribution in [3.8, 4) is 0 Å². The molecule has 0 aliphatic carbocycles. The van der Waals surface area contributed by atoms with Crippen LogP contribution in [0, 0.1) is 5.82 Å². The van der Waals surface area contributed by atoms with Crippen molar-refractivity contribution in [1.29, 1.82) is 0 Å². The van der Waals surface area contributed by atoms with E-state index in [0.29, 0.717) is 34.3 Å². The van der Waals surface area contributed by atoms with E-state index in [9.17, 15) is 22.4 Å². The van der Waals surface area contributed by atoms with Crippen LogP contribution in [0.5, 0.6) is 0 Å². The Morgan fingerprint density at radius 1 is 1.06 bits per heavy atom. The predicted molar refractivity (Wildman–Crippen MR) is 138 cm³/mol. The van der Waals surface area contributed by atoms with Crippen molar-refractivity contribution in [2.45, 2.75) is 45.7 Å². The summed E-state index contributed by atoms with van der Waals surface area (Å²) in [7, 11) is -3.65. The van der Waals surface area contributed by atoms with Crippen LogP contribution in [-0.2, 0) is 26.2 Å². The fraction of sp³-hybridized carbons (Fsp3) is 0.417. The number of nitrogens with zero attached hydrogens (tertiary/aromatic N) is 2. The second-order valence-corrected chi connectivity index (χ2v) is 10.7. The van der Waals surface area contributed by atoms with E-state index in [1.54, 1.807) is 25.1 Å². The lowest BCUT2D eigenvalue weighted by Crippen LogP contribution is -2.49. The first kappa shape index (κ1) is 28.9. The molecule has 0 fully saturated rings. The molecule has 1 atom stereocenters. The average Bonchev–Trinajstić information content (AvgIpc) is 2.79. The average molecular weight is 546 g/mol. The highest BCUT2D eigenvalue weighted by atomic mass is 35.5. The fourth-order valence-electron chi connectivity index (χ4n) is 3.66. The van der Waals surface area contributed by atoms with E-state index in [1.165, 1.54) is 29.2 Å². The first-order valence-electron chi connectivity index (χ1n) is 11.2. The van der Waals surface area contributed by atoms with Crippen LogP contribution in [0.25, 0.3) is 0 Å². The monoisotopic (exact) mass is 545 g/mol. The third-order valence-corrected chi connectivity index (χ3v) is 7.27. The normalized spacial score (nSPS) is 12.2. The molecule has 0 spiro atoms. The number of hydrogen-bond acceptors (Lipinski definition) is 4. The molecule has 1 unspecified atom stereocenters. The number of sulfonamides is 1. The zero-order valence-corrected chi connectivity index (χ0v) is 22.3. The number of rotatable bonds is 12. The molecule has 1 N–H and O–H groups in total. The zero-order valence-electron chi connectivity index (χ0n) is 19.9. The van der Waals surface area contributed by atoms with Crippen LogP contribution < -0.4 is 9.62 Å². The summed E-state index contributed by atoms with van der Waals surface area (Å²) in [4.78, 5) is 27.5.